The molecule has 26 heavy (non-hydrogen) atoms. The topological polar surface area (TPSA) is 150 Å². The minimum absolute atomic E-state index is 0.00533. The van der Waals surface area contributed by atoms with Crippen molar-refractivity contribution in [3.8, 4) is 0 Å². The van der Waals surface area contributed by atoms with Gasteiger partial charge >= 0.3 is 6.01 Å². The summed E-state index contributed by atoms with van der Waals surface area (Å²) in [5.74, 6) is -0.00207. The van der Waals surface area contributed by atoms with Gasteiger partial charge in [0.25, 0.3) is 5.89 Å². The lowest BCUT2D eigenvalue weighted by Gasteiger charge is -2.09. The van der Waals surface area contributed by atoms with Gasteiger partial charge in [-0.2, -0.15) is 0 Å². The molecule has 0 radical (unpaired) electrons. The summed E-state index contributed by atoms with van der Waals surface area (Å²) < 4.78 is 29.5. The molecule has 0 bridgehead atoms. The maximum absolute atomic E-state index is 12.2. The van der Waals surface area contributed by atoms with Crippen LogP contribution in [-0.4, -0.2) is 36.3 Å². The zero-order chi connectivity index (χ0) is 19.5. The molecule has 0 atom stereocenters. The van der Waals surface area contributed by atoms with Gasteiger partial charge in [0.2, 0.25) is 0 Å². The molecule has 1 aromatic heterocycles. The van der Waals surface area contributed by atoms with Crippen LogP contribution in [0.25, 0.3) is 5.70 Å². The second kappa shape index (κ2) is 7.48. The fourth-order valence-electron chi connectivity index (χ4n) is 2.01. The Balaban J connectivity index is 2.43. The predicted octanol–water partition coefficient (Wildman–Crippen LogP) is 1.63. The molecule has 9 nitrogen and oxygen atoms in total. The van der Waals surface area contributed by atoms with Crippen LogP contribution < -0.4 is 11.5 Å². The summed E-state index contributed by atoms with van der Waals surface area (Å²) in [5.41, 5.74) is 12.6. The van der Waals surface area contributed by atoms with Crippen LogP contribution in [0.4, 0.5) is 6.01 Å². The van der Waals surface area contributed by atoms with Crippen LogP contribution in [-0.2, 0) is 9.84 Å². The van der Waals surface area contributed by atoms with Gasteiger partial charge in [-0.05, 0) is 45.2 Å². The molecule has 2 rings (SSSR count). The van der Waals surface area contributed by atoms with Crippen molar-refractivity contribution >= 4 is 34.0 Å². The largest absolute Gasteiger partial charge is 0.402 e. The van der Waals surface area contributed by atoms with Crippen LogP contribution in [0.3, 0.4) is 0 Å². The van der Waals surface area contributed by atoms with Gasteiger partial charge in [-0.15, -0.1) is 5.10 Å². The molecule has 0 aliphatic rings. The summed E-state index contributed by atoms with van der Waals surface area (Å²) >= 11 is 0. The smallest absolute Gasteiger partial charge is 0.313 e. The average Bonchev–Trinajstić information content (AvgIpc) is 3.04. The second-order valence-corrected chi connectivity index (χ2v) is 8.16. The fourth-order valence-corrected chi connectivity index (χ4v) is 3.07. The van der Waals surface area contributed by atoms with E-state index in [2.05, 4.69) is 26.9 Å². The summed E-state index contributed by atoms with van der Waals surface area (Å²) in [6, 6.07) is 6.25. The van der Waals surface area contributed by atoms with E-state index in [0.29, 0.717) is 11.3 Å². The van der Waals surface area contributed by atoms with Gasteiger partial charge in [-0.1, -0.05) is 17.2 Å². The third-order valence-electron chi connectivity index (χ3n) is 3.56. The highest BCUT2D eigenvalue weighted by molar-refractivity contribution is 7.92. The molecular weight excluding hydrogens is 356 g/mol. The highest BCUT2D eigenvalue weighted by Crippen LogP contribution is 2.21. The van der Waals surface area contributed by atoms with E-state index in [4.69, 9.17) is 15.9 Å². The lowest BCUT2D eigenvalue weighted by atomic mass is 10.1. The number of aliphatic imine (C=N–C) groups is 2. The van der Waals surface area contributed by atoms with Crippen molar-refractivity contribution in [2.45, 2.75) is 30.9 Å². The molecule has 0 aliphatic carbocycles. The molecular formula is C16H20N6O3S. The van der Waals surface area contributed by atoms with E-state index in [1.165, 1.54) is 12.1 Å². The minimum Gasteiger partial charge on any atom is -0.402 e. The normalized spacial score (nSPS) is 13.6. The van der Waals surface area contributed by atoms with E-state index >= 15 is 0 Å². The quantitative estimate of drug-likeness (QED) is 0.727. The molecule has 0 aliphatic heterocycles. The van der Waals surface area contributed by atoms with Gasteiger partial charge in [-0.3, -0.25) is 0 Å². The number of nitrogens with zero attached hydrogens (tertiary/aromatic N) is 4. The zero-order valence-corrected chi connectivity index (χ0v) is 15.5. The van der Waals surface area contributed by atoms with Gasteiger partial charge < -0.3 is 15.9 Å². The van der Waals surface area contributed by atoms with E-state index < -0.39 is 15.1 Å². The second-order valence-electron chi connectivity index (χ2n) is 5.65. The average molecular weight is 376 g/mol. The fraction of sp³-hybridized carbons (Fsp3) is 0.250. The number of nitrogen functional groups attached to an aromatic ring is 1. The molecule has 2 aromatic rings. The monoisotopic (exact) mass is 376 g/mol. The molecule has 0 saturated heterocycles. The van der Waals surface area contributed by atoms with E-state index in [0.717, 1.165) is 0 Å². The lowest BCUT2D eigenvalue weighted by molar-refractivity contribution is 0.556. The number of sulfone groups is 1. The third-order valence-corrected chi connectivity index (χ3v) is 5.73. The van der Waals surface area contributed by atoms with Crippen LogP contribution in [0.5, 0.6) is 0 Å². The maximum atomic E-state index is 12.2. The summed E-state index contributed by atoms with van der Waals surface area (Å²) in [5, 5.41) is 6.81. The molecule has 1 heterocycles. The first kappa shape index (κ1) is 19.3. The molecule has 0 saturated carbocycles. The van der Waals surface area contributed by atoms with Gasteiger partial charge in [0.05, 0.1) is 10.1 Å². The maximum Gasteiger partial charge on any atom is 0.313 e. The molecule has 138 valence electrons. The highest BCUT2D eigenvalue weighted by Gasteiger charge is 2.19. The van der Waals surface area contributed by atoms with Gasteiger partial charge in [0.1, 0.15) is 0 Å². The van der Waals surface area contributed by atoms with Crippen molar-refractivity contribution in [3.05, 3.63) is 41.5 Å². The van der Waals surface area contributed by atoms with Gasteiger partial charge in [-0.25, -0.2) is 18.4 Å². The number of hydrogen-bond donors (Lipinski definition) is 2. The van der Waals surface area contributed by atoms with Gasteiger partial charge in [0.15, 0.2) is 21.4 Å². The first-order valence-corrected chi connectivity index (χ1v) is 9.17. The van der Waals surface area contributed by atoms with E-state index in [9.17, 15) is 8.42 Å². The molecule has 0 amide bonds. The Morgan fingerprint density at radius 2 is 1.85 bits per heavy atom. The Hall–Kier alpha value is -3.01. The number of rotatable bonds is 6. The molecule has 0 fully saturated rings. The number of hydrogen-bond acceptors (Lipinski definition) is 9. The van der Waals surface area contributed by atoms with Gasteiger partial charge in [0, 0.05) is 5.71 Å². The number of nitrogens with two attached hydrogens (primary N) is 2. The Morgan fingerprint density at radius 1 is 1.23 bits per heavy atom. The van der Waals surface area contributed by atoms with Crippen LogP contribution >= 0.6 is 0 Å². The van der Waals surface area contributed by atoms with Crippen LogP contribution in [0.2, 0.25) is 0 Å². The molecule has 0 spiro atoms. The van der Waals surface area contributed by atoms with Crippen molar-refractivity contribution in [2.24, 2.45) is 15.7 Å². The lowest BCUT2D eigenvalue weighted by Crippen LogP contribution is -2.14. The summed E-state index contributed by atoms with van der Waals surface area (Å²) in [6.45, 7) is 8.35. The Labute approximate surface area is 151 Å². The summed E-state index contributed by atoms with van der Waals surface area (Å²) in [4.78, 5) is 8.25. The first-order valence-electron chi connectivity index (χ1n) is 7.62. The Morgan fingerprint density at radius 3 is 2.31 bits per heavy atom. The Kier molecular flexibility index (Phi) is 5.56. The van der Waals surface area contributed by atoms with Crippen molar-refractivity contribution < 1.29 is 12.8 Å². The number of anilines is 1. The third kappa shape index (κ3) is 3.97. The van der Waals surface area contributed by atoms with E-state index in [1.54, 1.807) is 32.9 Å². The zero-order valence-electron chi connectivity index (χ0n) is 14.7. The standard InChI is InChI=1S/C16H20N6O3S/c1-9(2)26(23,24)12-7-5-11(6-8-12)10(3)20-13(14(17)19-4)15-21-22-16(18)25-15/h5-9H,4,17H2,1-3H3,(H2,18,22)/b14-13-,20-10+. The highest BCUT2D eigenvalue weighted by atomic mass is 32.2. The SMILES string of the molecule is C=N/C(N)=C(\N=C(/C)c1ccc(S(=O)(=O)C(C)C)cc1)c1nnc(N)o1. The molecule has 0 unspecified atom stereocenters. The number of benzene rings is 1. The van der Waals surface area contributed by atoms with Crippen molar-refractivity contribution in [1.29, 1.82) is 0 Å². The van der Waals surface area contributed by atoms with E-state index in [-0.39, 0.29) is 28.3 Å². The van der Waals surface area contributed by atoms with Crippen LogP contribution in [0, 0.1) is 0 Å². The van der Waals surface area contributed by atoms with Crippen LogP contribution in [0.1, 0.15) is 32.2 Å². The van der Waals surface area contributed by atoms with Crippen molar-refractivity contribution in [3.63, 3.8) is 0 Å². The van der Waals surface area contributed by atoms with Crippen molar-refractivity contribution in [2.75, 3.05) is 5.73 Å². The first-order chi connectivity index (χ1) is 12.2. The summed E-state index contributed by atoms with van der Waals surface area (Å²) in [6.07, 6.45) is 0. The van der Waals surface area contributed by atoms with Crippen LogP contribution in [0.15, 0.2) is 49.4 Å². The molecule has 4 N–H and O–H groups in total. The number of aromatic nitrogens is 2. The Bertz CT molecular complexity index is 972. The molecule has 1 aromatic carbocycles. The van der Waals surface area contributed by atoms with E-state index in [1.807, 2.05) is 0 Å². The molecule has 10 heteroatoms. The minimum atomic E-state index is -3.34. The summed E-state index contributed by atoms with van der Waals surface area (Å²) in [7, 11) is -3.34. The predicted molar refractivity (Wildman–Crippen MR) is 100 cm³/mol. The van der Waals surface area contributed by atoms with Crippen molar-refractivity contribution in [1.82, 2.24) is 10.2 Å².